The lowest BCUT2D eigenvalue weighted by Crippen LogP contribution is -2.51. The van der Waals surface area contributed by atoms with E-state index in [9.17, 15) is 14.4 Å². The molecule has 1 aliphatic rings. The molecule has 1 atom stereocenters. The normalized spacial score (nSPS) is 14.6. The van der Waals surface area contributed by atoms with Crippen molar-refractivity contribution in [1.29, 1.82) is 0 Å². The number of hydrazine groups is 1. The highest BCUT2D eigenvalue weighted by Gasteiger charge is 2.27. The van der Waals surface area contributed by atoms with Gasteiger partial charge < -0.3 is 18.9 Å². The van der Waals surface area contributed by atoms with Crippen molar-refractivity contribution >= 4 is 23.9 Å². The Kier molecular flexibility index (Phi) is 6.88. The van der Waals surface area contributed by atoms with Gasteiger partial charge in [0.15, 0.2) is 18.1 Å². The van der Waals surface area contributed by atoms with Crippen LogP contribution in [0.5, 0.6) is 17.2 Å². The largest absolute Gasteiger partial charge is 0.496 e. The summed E-state index contributed by atoms with van der Waals surface area (Å²) in [6.07, 6.45) is 1.76. The average molecular weight is 412 g/mol. The Morgan fingerprint density at radius 2 is 1.80 bits per heavy atom. The molecule has 2 aromatic carbocycles. The fourth-order valence-electron chi connectivity index (χ4n) is 2.54. The standard InChI is InChI=1S/C21H20N2O7/c1-27-15-7-3-2-6-14(15)10-11-20(25)29-13-19(24)22-23-21(26)18-12-28-16-8-4-5-9-17(16)30-18/h2-11,18H,12-13H2,1H3,(H,22,24)(H,23,26)/b11-10+. The molecule has 2 aromatic rings. The molecule has 0 aliphatic carbocycles. The fraction of sp³-hybridized carbons (Fsp3) is 0.190. The van der Waals surface area contributed by atoms with Gasteiger partial charge in [-0.05, 0) is 24.3 Å². The predicted molar refractivity (Wildman–Crippen MR) is 106 cm³/mol. The molecule has 30 heavy (non-hydrogen) atoms. The van der Waals surface area contributed by atoms with Crippen molar-refractivity contribution in [2.75, 3.05) is 20.3 Å². The number of carbonyl (C=O) groups excluding carboxylic acids is 3. The number of benzene rings is 2. The van der Waals surface area contributed by atoms with Crippen LogP contribution >= 0.6 is 0 Å². The molecule has 0 bridgehead atoms. The van der Waals surface area contributed by atoms with E-state index in [2.05, 4.69) is 10.9 Å². The van der Waals surface area contributed by atoms with Gasteiger partial charge in [-0.1, -0.05) is 30.3 Å². The van der Waals surface area contributed by atoms with Crippen LogP contribution in [-0.4, -0.2) is 44.2 Å². The number of hydrogen-bond donors (Lipinski definition) is 2. The molecule has 0 saturated carbocycles. The molecule has 0 aromatic heterocycles. The van der Waals surface area contributed by atoms with Gasteiger partial charge >= 0.3 is 5.97 Å². The number of fused-ring (bicyclic) bond motifs is 1. The van der Waals surface area contributed by atoms with Crippen LogP contribution in [0, 0.1) is 0 Å². The first-order valence-corrected chi connectivity index (χ1v) is 9.02. The SMILES string of the molecule is COc1ccccc1/C=C/C(=O)OCC(=O)NNC(=O)C1COc2ccccc2O1. The molecule has 1 heterocycles. The minimum Gasteiger partial charge on any atom is -0.496 e. The Morgan fingerprint density at radius 3 is 2.60 bits per heavy atom. The second-order valence-corrected chi connectivity index (χ2v) is 6.08. The second-order valence-electron chi connectivity index (χ2n) is 6.08. The van der Waals surface area contributed by atoms with Crippen LogP contribution in [0.25, 0.3) is 6.08 Å². The number of carbonyl (C=O) groups is 3. The molecule has 0 fully saturated rings. The van der Waals surface area contributed by atoms with E-state index >= 15 is 0 Å². The third kappa shape index (κ3) is 5.51. The molecule has 156 valence electrons. The first kappa shape index (κ1) is 20.7. The van der Waals surface area contributed by atoms with Gasteiger partial charge in [-0.15, -0.1) is 0 Å². The minimum atomic E-state index is -0.925. The van der Waals surface area contributed by atoms with Crippen molar-refractivity contribution in [3.63, 3.8) is 0 Å². The fourth-order valence-corrected chi connectivity index (χ4v) is 2.54. The van der Waals surface area contributed by atoms with Gasteiger partial charge in [0, 0.05) is 11.6 Å². The highest BCUT2D eigenvalue weighted by molar-refractivity contribution is 5.90. The van der Waals surface area contributed by atoms with E-state index < -0.39 is 30.5 Å². The van der Waals surface area contributed by atoms with E-state index in [4.69, 9.17) is 18.9 Å². The van der Waals surface area contributed by atoms with Gasteiger partial charge in [0.05, 0.1) is 7.11 Å². The van der Waals surface area contributed by atoms with Crippen molar-refractivity contribution in [3.8, 4) is 17.2 Å². The zero-order chi connectivity index (χ0) is 21.3. The maximum atomic E-state index is 12.1. The smallest absolute Gasteiger partial charge is 0.331 e. The Labute approximate surface area is 172 Å². The van der Waals surface area contributed by atoms with Crippen molar-refractivity contribution in [2.45, 2.75) is 6.10 Å². The summed E-state index contributed by atoms with van der Waals surface area (Å²) in [6, 6.07) is 14.0. The molecule has 3 rings (SSSR count). The van der Waals surface area contributed by atoms with Crippen LogP contribution in [0.15, 0.2) is 54.6 Å². The summed E-state index contributed by atoms with van der Waals surface area (Å²) < 4.78 is 21.0. The predicted octanol–water partition coefficient (Wildman–Crippen LogP) is 1.24. The van der Waals surface area contributed by atoms with Crippen LogP contribution in [0.4, 0.5) is 0 Å². The second kappa shape index (κ2) is 9.97. The van der Waals surface area contributed by atoms with Gasteiger partial charge in [0.1, 0.15) is 12.4 Å². The maximum Gasteiger partial charge on any atom is 0.331 e. The molecule has 2 N–H and O–H groups in total. The van der Waals surface area contributed by atoms with Crippen molar-refractivity contribution in [2.24, 2.45) is 0 Å². The summed E-state index contributed by atoms with van der Waals surface area (Å²) >= 11 is 0. The molecule has 1 aliphatic heterocycles. The number of esters is 1. The molecule has 9 heteroatoms. The zero-order valence-corrected chi connectivity index (χ0v) is 16.1. The number of amides is 2. The Balaban J connectivity index is 1.40. The lowest BCUT2D eigenvalue weighted by molar-refractivity contribution is -0.145. The topological polar surface area (TPSA) is 112 Å². The van der Waals surface area contributed by atoms with Crippen molar-refractivity contribution in [3.05, 3.63) is 60.2 Å². The summed E-state index contributed by atoms with van der Waals surface area (Å²) in [4.78, 5) is 35.7. The van der Waals surface area contributed by atoms with E-state index in [-0.39, 0.29) is 6.61 Å². The molecule has 2 amide bonds. The van der Waals surface area contributed by atoms with E-state index in [0.717, 1.165) is 0 Å². The lowest BCUT2D eigenvalue weighted by atomic mass is 10.2. The van der Waals surface area contributed by atoms with E-state index in [1.54, 1.807) is 48.5 Å². The van der Waals surface area contributed by atoms with Crippen LogP contribution in [0.1, 0.15) is 5.56 Å². The number of ether oxygens (including phenoxy) is 4. The maximum absolute atomic E-state index is 12.1. The Bertz CT molecular complexity index is 958. The molecule has 0 spiro atoms. The van der Waals surface area contributed by atoms with Gasteiger partial charge in [0.25, 0.3) is 11.8 Å². The molecular weight excluding hydrogens is 392 g/mol. The van der Waals surface area contributed by atoms with Gasteiger partial charge in [-0.2, -0.15) is 0 Å². The molecular formula is C21H20N2O7. The summed E-state index contributed by atoms with van der Waals surface area (Å²) in [6.45, 7) is -0.568. The van der Waals surface area contributed by atoms with E-state index in [1.807, 2.05) is 0 Å². The van der Waals surface area contributed by atoms with Crippen LogP contribution < -0.4 is 25.1 Å². The van der Waals surface area contributed by atoms with E-state index in [1.165, 1.54) is 19.3 Å². The first-order chi connectivity index (χ1) is 14.6. The average Bonchev–Trinajstić information content (AvgIpc) is 2.79. The van der Waals surface area contributed by atoms with Crippen molar-refractivity contribution < 1.29 is 33.3 Å². The third-order valence-electron chi connectivity index (χ3n) is 4.01. The van der Waals surface area contributed by atoms with Gasteiger partial charge in [-0.3, -0.25) is 20.4 Å². The summed E-state index contributed by atoms with van der Waals surface area (Å²) in [5, 5.41) is 0. The molecule has 0 radical (unpaired) electrons. The number of nitrogens with one attached hydrogen (secondary N) is 2. The summed E-state index contributed by atoms with van der Waals surface area (Å²) in [5.41, 5.74) is 5.05. The molecule has 0 saturated heterocycles. The number of methoxy groups -OCH3 is 1. The summed E-state index contributed by atoms with van der Waals surface area (Å²) in [7, 11) is 1.52. The van der Waals surface area contributed by atoms with Crippen LogP contribution in [0.2, 0.25) is 0 Å². The monoisotopic (exact) mass is 412 g/mol. The number of rotatable bonds is 6. The molecule has 1 unspecified atom stereocenters. The lowest BCUT2D eigenvalue weighted by Gasteiger charge is -2.25. The van der Waals surface area contributed by atoms with Crippen LogP contribution in [0.3, 0.4) is 0 Å². The summed E-state index contributed by atoms with van der Waals surface area (Å²) in [5.74, 6) is -0.453. The third-order valence-corrected chi connectivity index (χ3v) is 4.01. The Hall–Kier alpha value is -4.01. The van der Waals surface area contributed by atoms with Crippen molar-refractivity contribution in [1.82, 2.24) is 10.9 Å². The highest BCUT2D eigenvalue weighted by Crippen LogP contribution is 2.30. The zero-order valence-electron chi connectivity index (χ0n) is 16.1. The quantitative estimate of drug-likeness (QED) is 0.417. The minimum absolute atomic E-state index is 0.00143. The van der Waals surface area contributed by atoms with Gasteiger partial charge in [0.2, 0.25) is 6.10 Å². The van der Waals surface area contributed by atoms with Crippen LogP contribution in [-0.2, 0) is 19.1 Å². The number of para-hydroxylation sites is 3. The Morgan fingerprint density at radius 1 is 1.07 bits per heavy atom. The first-order valence-electron chi connectivity index (χ1n) is 9.02. The van der Waals surface area contributed by atoms with E-state index in [0.29, 0.717) is 22.8 Å². The molecule has 9 nitrogen and oxygen atoms in total. The van der Waals surface area contributed by atoms with Gasteiger partial charge in [-0.25, -0.2) is 4.79 Å². The number of hydrogen-bond acceptors (Lipinski definition) is 7. The highest BCUT2D eigenvalue weighted by atomic mass is 16.6.